The maximum atomic E-state index is 12.3. The summed E-state index contributed by atoms with van der Waals surface area (Å²) in [5.41, 5.74) is 0. The first-order valence-corrected chi connectivity index (χ1v) is 7.18. The summed E-state index contributed by atoms with van der Waals surface area (Å²) in [5.74, 6) is 2.71. The van der Waals surface area contributed by atoms with Gasteiger partial charge in [0.05, 0.1) is 6.61 Å². The van der Waals surface area contributed by atoms with E-state index in [-0.39, 0.29) is 6.61 Å². The van der Waals surface area contributed by atoms with E-state index in [4.69, 9.17) is 5.11 Å². The Bertz CT molecular complexity index is 301. The molecular weight excluding hydrogens is 214 g/mol. The Balaban J connectivity index is 1.54. The zero-order chi connectivity index (χ0) is 11.8. The first-order chi connectivity index (χ1) is 8.28. The summed E-state index contributed by atoms with van der Waals surface area (Å²) in [6.07, 6.45) is 8.45. The van der Waals surface area contributed by atoms with Crippen LogP contribution in [0.4, 0.5) is 0 Å². The number of fused-ring (bicyclic) bond motifs is 2. The van der Waals surface area contributed by atoms with E-state index in [1.807, 2.05) is 4.90 Å². The van der Waals surface area contributed by atoms with Crippen molar-refractivity contribution in [1.29, 1.82) is 0 Å². The molecule has 0 aliphatic heterocycles. The van der Waals surface area contributed by atoms with E-state index < -0.39 is 0 Å². The third-order valence-corrected chi connectivity index (χ3v) is 4.97. The number of carbonyl (C=O) groups is 1. The molecule has 1 amide bonds. The predicted octanol–water partition coefficient (Wildman–Crippen LogP) is 1.80. The summed E-state index contributed by atoms with van der Waals surface area (Å²) in [5, 5.41) is 9.03. The monoisotopic (exact) mass is 237 g/mol. The average molecular weight is 237 g/mol. The molecule has 0 heterocycles. The number of amides is 1. The van der Waals surface area contributed by atoms with Crippen LogP contribution in [0.25, 0.3) is 0 Å². The van der Waals surface area contributed by atoms with Crippen LogP contribution in [0.5, 0.6) is 0 Å². The van der Waals surface area contributed by atoms with E-state index in [1.165, 1.54) is 25.7 Å². The lowest BCUT2D eigenvalue weighted by Crippen LogP contribution is -2.37. The van der Waals surface area contributed by atoms with Crippen molar-refractivity contribution in [3.8, 4) is 0 Å². The van der Waals surface area contributed by atoms with Gasteiger partial charge in [0.2, 0.25) is 5.91 Å². The first-order valence-electron chi connectivity index (χ1n) is 7.18. The van der Waals surface area contributed by atoms with Gasteiger partial charge in [-0.1, -0.05) is 6.42 Å². The molecule has 1 N–H and O–H groups in total. The quantitative estimate of drug-likeness (QED) is 0.792. The summed E-state index contributed by atoms with van der Waals surface area (Å²) in [6, 6.07) is 0.452. The lowest BCUT2D eigenvalue weighted by Gasteiger charge is -2.26. The summed E-state index contributed by atoms with van der Waals surface area (Å²) in [4.78, 5) is 14.2. The van der Waals surface area contributed by atoms with Gasteiger partial charge in [0, 0.05) is 19.0 Å². The number of hydrogen-bond acceptors (Lipinski definition) is 2. The summed E-state index contributed by atoms with van der Waals surface area (Å²) >= 11 is 0. The molecule has 0 aromatic carbocycles. The van der Waals surface area contributed by atoms with E-state index in [9.17, 15) is 4.79 Å². The van der Waals surface area contributed by atoms with Crippen molar-refractivity contribution in [1.82, 2.24) is 4.90 Å². The molecular formula is C14H23NO2. The van der Waals surface area contributed by atoms with Crippen molar-refractivity contribution in [3.05, 3.63) is 0 Å². The lowest BCUT2D eigenvalue weighted by atomic mass is 9.86. The normalized spacial score (nSPS) is 35.2. The van der Waals surface area contributed by atoms with Crippen LogP contribution in [0.2, 0.25) is 0 Å². The van der Waals surface area contributed by atoms with E-state index in [0.29, 0.717) is 24.4 Å². The highest BCUT2D eigenvalue weighted by molar-refractivity contribution is 5.77. The topological polar surface area (TPSA) is 40.5 Å². The number of aliphatic hydroxyl groups excluding tert-OH is 1. The van der Waals surface area contributed by atoms with Gasteiger partial charge in [-0.05, 0) is 49.9 Å². The highest BCUT2D eigenvalue weighted by Gasteiger charge is 2.41. The Morgan fingerprint density at radius 3 is 2.53 bits per heavy atom. The molecule has 3 nitrogen and oxygen atoms in total. The van der Waals surface area contributed by atoms with Crippen molar-refractivity contribution in [2.45, 2.75) is 51.0 Å². The predicted molar refractivity (Wildman–Crippen MR) is 65.4 cm³/mol. The Hall–Kier alpha value is -0.570. The second-order valence-electron chi connectivity index (χ2n) is 6.18. The van der Waals surface area contributed by atoms with Crippen LogP contribution in [0, 0.1) is 17.8 Å². The maximum absolute atomic E-state index is 12.3. The van der Waals surface area contributed by atoms with Gasteiger partial charge in [-0.3, -0.25) is 4.79 Å². The van der Waals surface area contributed by atoms with Gasteiger partial charge >= 0.3 is 0 Å². The Morgan fingerprint density at radius 2 is 2.00 bits per heavy atom. The lowest BCUT2D eigenvalue weighted by molar-refractivity contribution is -0.133. The van der Waals surface area contributed by atoms with Crippen molar-refractivity contribution in [2.24, 2.45) is 17.8 Å². The number of nitrogens with zero attached hydrogens (tertiary/aromatic N) is 1. The summed E-state index contributed by atoms with van der Waals surface area (Å²) in [7, 11) is 0. The summed E-state index contributed by atoms with van der Waals surface area (Å²) in [6.45, 7) is 0.656. The van der Waals surface area contributed by atoms with Crippen molar-refractivity contribution < 1.29 is 9.90 Å². The summed E-state index contributed by atoms with van der Waals surface area (Å²) < 4.78 is 0. The highest BCUT2D eigenvalue weighted by Crippen LogP contribution is 2.49. The van der Waals surface area contributed by atoms with Gasteiger partial charge in [-0.15, -0.1) is 0 Å². The molecule has 96 valence electrons. The number of hydrogen-bond donors (Lipinski definition) is 1. The fourth-order valence-corrected chi connectivity index (χ4v) is 3.97. The molecule has 2 bridgehead atoms. The molecule has 3 saturated carbocycles. The van der Waals surface area contributed by atoms with E-state index in [2.05, 4.69) is 0 Å². The van der Waals surface area contributed by atoms with Gasteiger partial charge < -0.3 is 10.0 Å². The number of aliphatic hydroxyl groups is 1. The molecule has 0 radical (unpaired) electrons. The van der Waals surface area contributed by atoms with Crippen LogP contribution >= 0.6 is 0 Å². The second kappa shape index (κ2) is 4.60. The van der Waals surface area contributed by atoms with Gasteiger partial charge in [0.15, 0.2) is 0 Å². The van der Waals surface area contributed by atoms with E-state index in [0.717, 1.165) is 31.1 Å². The zero-order valence-corrected chi connectivity index (χ0v) is 10.5. The molecule has 0 aromatic heterocycles. The van der Waals surface area contributed by atoms with Crippen molar-refractivity contribution >= 4 is 5.91 Å². The standard InChI is InChI=1S/C14H23NO2/c16-6-5-15(13-3-4-13)14(17)9-12-8-10-1-2-11(12)7-10/h10-13,16H,1-9H2. The van der Waals surface area contributed by atoms with Crippen LogP contribution < -0.4 is 0 Å². The Morgan fingerprint density at radius 1 is 1.18 bits per heavy atom. The molecule has 0 aromatic rings. The maximum Gasteiger partial charge on any atom is 0.223 e. The first kappa shape index (κ1) is 11.5. The molecule has 3 heteroatoms. The molecule has 0 saturated heterocycles. The van der Waals surface area contributed by atoms with Gasteiger partial charge in [-0.25, -0.2) is 0 Å². The Labute approximate surface area is 103 Å². The van der Waals surface area contributed by atoms with Crippen LogP contribution in [-0.4, -0.2) is 35.1 Å². The third-order valence-electron chi connectivity index (χ3n) is 4.97. The molecule has 17 heavy (non-hydrogen) atoms. The van der Waals surface area contributed by atoms with Gasteiger partial charge in [0.25, 0.3) is 0 Å². The molecule has 3 aliphatic rings. The molecule has 0 spiro atoms. The molecule has 3 aliphatic carbocycles. The fraction of sp³-hybridized carbons (Fsp3) is 0.929. The van der Waals surface area contributed by atoms with Crippen LogP contribution in [0.1, 0.15) is 44.9 Å². The zero-order valence-electron chi connectivity index (χ0n) is 10.5. The largest absolute Gasteiger partial charge is 0.395 e. The number of rotatable bonds is 5. The van der Waals surface area contributed by atoms with E-state index in [1.54, 1.807) is 0 Å². The molecule has 3 unspecified atom stereocenters. The smallest absolute Gasteiger partial charge is 0.223 e. The third kappa shape index (κ3) is 2.35. The molecule has 3 rings (SSSR count). The fourth-order valence-electron chi connectivity index (χ4n) is 3.97. The minimum Gasteiger partial charge on any atom is -0.395 e. The minimum atomic E-state index is 0.110. The van der Waals surface area contributed by atoms with Crippen LogP contribution in [-0.2, 0) is 4.79 Å². The molecule has 3 atom stereocenters. The second-order valence-corrected chi connectivity index (χ2v) is 6.18. The van der Waals surface area contributed by atoms with Crippen LogP contribution in [0.3, 0.4) is 0 Å². The van der Waals surface area contributed by atoms with Crippen molar-refractivity contribution in [2.75, 3.05) is 13.2 Å². The molecule has 3 fully saturated rings. The average Bonchev–Trinajstić information content (AvgIpc) is 2.95. The number of carbonyl (C=O) groups excluding carboxylic acids is 1. The minimum absolute atomic E-state index is 0.110. The van der Waals surface area contributed by atoms with Gasteiger partial charge in [-0.2, -0.15) is 0 Å². The van der Waals surface area contributed by atoms with Gasteiger partial charge in [0.1, 0.15) is 0 Å². The Kier molecular flexibility index (Phi) is 3.12. The highest BCUT2D eigenvalue weighted by atomic mass is 16.3. The van der Waals surface area contributed by atoms with Crippen molar-refractivity contribution in [3.63, 3.8) is 0 Å². The van der Waals surface area contributed by atoms with E-state index >= 15 is 0 Å². The van der Waals surface area contributed by atoms with Crippen LogP contribution in [0.15, 0.2) is 0 Å². The SMILES string of the molecule is O=C(CC1CC2CCC1C2)N(CCO)C1CC1.